The van der Waals surface area contributed by atoms with Crippen molar-refractivity contribution in [2.75, 3.05) is 13.1 Å². The van der Waals surface area contributed by atoms with Crippen molar-refractivity contribution in [3.05, 3.63) is 35.9 Å². The van der Waals surface area contributed by atoms with E-state index in [-0.39, 0.29) is 19.0 Å². The molecular weight excluding hydrogens is 330 g/mol. The SMILES string of the molecule is CC1CCC2(CC1)NC(=O)N(CC(=O)NCC#Cc1ccccc1)C2=O. The lowest BCUT2D eigenvalue weighted by atomic mass is 9.77. The smallest absolute Gasteiger partial charge is 0.325 e. The van der Waals surface area contributed by atoms with Crippen molar-refractivity contribution in [3.8, 4) is 11.8 Å². The summed E-state index contributed by atoms with van der Waals surface area (Å²) in [4.78, 5) is 38.0. The van der Waals surface area contributed by atoms with Crippen LogP contribution in [0.2, 0.25) is 0 Å². The van der Waals surface area contributed by atoms with Crippen LogP contribution < -0.4 is 10.6 Å². The molecule has 2 fully saturated rings. The molecule has 1 saturated carbocycles. The number of imide groups is 1. The van der Waals surface area contributed by atoms with E-state index in [2.05, 4.69) is 29.4 Å². The Kier molecular flexibility index (Phi) is 5.27. The Hall–Kier alpha value is -2.81. The van der Waals surface area contributed by atoms with Crippen molar-refractivity contribution in [1.29, 1.82) is 0 Å². The predicted molar refractivity (Wildman–Crippen MR) is 96.9 cm³/mol. The molecule has 26 heavy (non-hydrogen) atoms. The van der Waals surface area contributed by atoms with E-state index < -0.39 is 17.5 Å². The van der Waals surface area contributed by atoms with E-state index in [0.717, 1.165) is 23.3 Å². The zero-order valence-corrected chi connectivity index (χ0v) is 14.9. The Balaban J connectivity index is 1.52. The fourth-order valence-electron chi connectivity index (χ4n) is 3.42. The molecule has 2 N–H and O–H groups in total. The Morgan fingerprint density at radius 3 is 2.65 bits per heavy atom. The minimum Gasteiger partial charge on any atom is -0.344 e. The second kappa shape index (κ2) is 7.61. The van der Waals surface area contributed by atoms with Crippen molar-refractivity contribution >= 4 is 17.8 Å². The van der Waals surface area contributed by atoms with E-state index in [0.29, 0.717) is 18.8 Å². The van der Waals surface area contributed by atoms with Crippen LogP contribution >= 0.6 is 0 Å². The van der Waals surface area contributed by atoms with Crippen LogP contribution in [0.5, 0.6) is 0 Å². The largest absolute Gasteiger partial charge is 0.344 e. The van der Waals surface area contributed by atoms with E-state index in [4.69, 9.17) is 0 Å². The van der Waals surface area contributed by atoms with Crippen LogP contribution in [0.4, 0.5) is 4.79 Å². The molecule has 6 nitrogen and oxygen atoms in total. The highest BCUT2D eigenvalue weighted by Gasteiger charge is 2.52. The zero-order valence-electron chi connectivity index (χ0n) is 14.9. The summed E-state index contributed by atoms with van der Waals surface area (Å²) < 4.78 is 0. The average Bonchev–Trinajstić information content (AvgIpc) is 2.87. The standard InChI is InChI=1S/C20H23N3O3/c1-15-9-11-20(12-10-15)18(25)23(19(26)22-20)14-17(24)21-13-5-8-16-6-3-2-4-7-16/h2-4,6-7,15H,9-14H2,1H3,(H,21,24)(H,22,26). The number of benzene rings is 1. The topological polar surface area (TPSA) is 78.5 Å². The molecule has 6 heteroatoms. The van der Waals surface area contributed by atoms with Crippen LogP contribution in [0.15, 0.2) is 30.3 Å². The first kappa shape index (κ1) is 18.0. The van der Waals surface area contributed by atoms with Crippen molar-refractivity contribution in [2.45, 2.75) is 38.1 Å². The van der Waals surface area contributed by atoms with Crippen LogP contribution in [-0.2, 0) is 9.59 Å². The van der Waals surface area contributed by atoms with Crippen LogP contribution in [0.1, 0.15) is 38.2 Å². The molecule has 1 aliphatic carbocycles. The quantitative estimate of drug-likeness (QED) is 0.641. The molecule has 4 amide bonds. The molecule has 0 unspecified atom stereocenters. The van der Waals surface area contributed by atoms with Gasteiger partial charge in [-0.05, 0) is 43.7 Å². The van der Waals surface area contributed by atoms with Gasteiger partial charge in [0.25, 0.3) is 5.91 Å². The van der Waals surface area contributed by atoms with Gasteiger partial charge in [-0.1, -0.05) is 37.0 Å². The normalized spacial score (nSPS) is 24.8. The highest BCUT2D eigenvalue weighted by molar-refractivity contribution is 6.09. The summed E-state index contributed by atoms with van der Waals surface area (Å²) in [7, 11) is 0. The van der Waals surface area contributed by atoms with Gasteiger partial charge in [-0.15, -0.1) is 0 Å². The third-order valence-corrected chi connectivity index (χ3v) is 5.06. The molecular formula is C20H23N3O3. The molecule has 2 aliphatic rings. The fourth-order valence-corrected chi connectivity index (χ4v) is 3.42. The van der Waals surface area contributed by atoms with Gasteiger partial charge in [0.15, 0.2) is 0 Å². The predicted octanol–water partition coefficient (Wildman–Crippen LogP) is 1.65. The number of hydrogen-bond donors (Lipinski definition) is 2. The molecule has 1 aromatic carbocycles. The van der Waals surface area contributed by atoms with Crippen molar-refractivity contribution < 1.29 is 14.4 Å². The first-order valence-corrected chi connectivity index (χ1v) is 8.95. The lowest BCUT2D eigenvalue weighted by Gasteiger charge is -2.33. The van der Waals surface area contributed by atoms with Gasteiger partial charge < -0.3 is 10.6 Å². The molecule has 1 saturated heterocycles. The van der Waals surface area contributed by atoms with Gasteiger partial charge in [-0.3, -0.25) is 14.5 Å². The molecule has 0 atom stereocenters. The Morgan fingerprint density at radius 2 is 1.96 bits per heavy atom. The summed E-state index contributed by atoms with van der Waals surface area (Å²) in [6.45, 7) is 2.05. The van der Waals surface area contributed by atoms with Gasteiger partial charge in [-0.2, -0.15) is 0 Å². The zero-order chi connectivity index (χ0) is 18.6. The summed E-state index contributed by atoms with van der Waals surface area (Å²) in [5, 5.41) is 5.45. The maximum Gasteiger partial charge on any atom is 0.325 e. The minimum atomic E-state index is -0.809. The number of amides is 4. The van der Waals surface area contributed by atoms with Gasteiger partial charge in [0, 0.05) is 5.56 Å². The summed E-state index contributed by atoms with van der Waals surface area (Å²) in [5.74, 6) is 5.68. The molecule has 0 radical (unpaired) electrons. The van der Waals surface area contributed by atoms with E-state index in [1.165, 1.54) is 0 Å². The maximum atomic E-state index is 12.7. The average molecular weight is 353 g/mol. The third kappa shape index (κ3) is 3.88. The molecule has 136 valence electrons. The minimum absolute atomic E-state index is 0.167. The van der Waals surface area contributed by atoms with Crippen LogP contribution in [0, 0.1) is 17.8 Å². The van der Waals surface area contributed by atoms with Crippen molar-refractivity contribution in [1.82, 2.24) is 15.5 Å². The fraction of sp³-hybridized carbons (Fsp3) is 0.450. The Morgan fingerprint density at radius 1 is 1.27 bits per heavy atom. The molecule has 0 bridgehead atoms. The van der Waals surface area contributed by atoms with Gasteiger partial charge in [0.2, 0.25) is 5.91 Å². The lowest BCUT2D eigenvalue weighted by molar-refractivity contribution is -0.136. The van der Waals surface area contributed by atoms with E-state index in [9.17, 15) is 14.4 Å². The van der Waals surface area contributed by atoms with Crippen molar-refractivity contribution in [2.24, 2.45) is 5.92 Å². The number of rotatable bonds is 3. The summed E-state index contributed by atoms with van der Waals surface area (Å²) >= 11 is 0. The van der Waals surface area contributed by atoms with Crippen LogP contribution in [0.25, 0.3) is 0 Å². The van der Waals surface area contributed by atoms with Gasteiger partial charge in [0.05, 0.1) is 6.54 Å². The summed E-state index contributed by atoms with van der Waals surface area (Å²) in [6, 6.07) is 8.98. The van der Waals surface area contributed by atoms with Crippen molar-refractivity contribution in [3.63, 3.8) is 0 Å². The highest BCUT2D eigenvalue weighted by atomic mass is 16.2. The molecule has 0 aromatic heterocycles. The van der Waals surface area contributed by atoms with Gasteiger partial charge in [-0.25, -0.2) is 4.79 Å². The second-order valence-corrected chi connectivity index (χ2v) is 7.03. The lowest BCUT2D eigenvalue weighted by Crippen LogP contribution is -2.49. The summed E-state index contributed by atoms with van der Waals surface area (Å²) in [5.41, 5.74) is 0.0566. The first-order valence-electron chi connectivity index (χ1n) is 8.95. The first-order chi connectivity index (χ1) is 12.5. The Labute approximate surface area is 153 Å². The number of nitrogens with zero attached hydrogens (tertiary/aromatic N) is 1. The molecule has 3 rings (SSSR count). The number of nitrogens with one attached hydrogen (secondary N) is 2. The van der Waals surface area contributed by atoms with Gasteiger partial charge in [0.1, 0.15) is 12.1 Å². The maximum absolute atomic E-state index is 12.7. The van der Waals surface area contributed by atoms with Crippen LogP contribution in [-0.4, -0.2) is 41.4 Å². The number of urea groups is 1. The van der Waals surface area contributed by atoms with E-state index in [1.54, 1.807) is 0 Å². The second-order valence-electron chi connectivity index (χ2n) is 7.03. The molecule has 1 heterocycles. The monoisotopic (exact) mass is 353 g/mol. The molecule has 1 spiro atoms. The highest BCUT2D eigenvalue weighted by Crippen LogP contribution is 2.36. The van der Waals surface area contributed by atoms with E-state index >= 15 is 0 Å². The van der Waals surface area contributed by atoms with Crippen LogP contribution in [0.3, 0.4) is 0 Å². The number of carbonyl (C=O) groups is 3. The number of carbonyl (C=O) groups excluding carboxylic acids is 3. The van der Waals surface area contributed by atoms with E-state index in [1.807, 2.05) is 30.3 Å². The third-order valence-electron chi connectivity index (χ3n) is 5.06. The Bertz CT molecular complexity index is 756. The molecule has 1 aromatic rings. The summed E-state index contributed by atoms with van der Waals surface area (Å²) in [6.07, 6.45) is 3.08. The van der Waals surface area contributed by atoms with Gasteiger partial charge >= 0.3 is 6.03 Å². The number of hydrogen-bond acceptors (Lipinski definition) is 3. The molecule has 1 aliphatic heterocycles.